The minimum absolute atomic E-state index is 0.495. The SMILES string of the molecule is CCCCCCCCCCCCCCCCc1ccccc1O[CH]([K])CC. The van der Waals surface area contributed by atoms with Gasteiger partial charge in [-0.3, -0.25) is 0 Å². The van der Waals surface area contributed by atoms with E-state index in [0.717, 1.165) is 61.1 Å². The number of aryl methyl sites for hydroxylation is 1. The topological polar surface area (TPSA) is 9.23 Å². The van der Waals surface area contributed by atoms with E-state index in [4.69, 9.17) is 4.74 Å². The Labute approximate surface area is 204 Å². The molecule has 2 heteroatoms. The van der Waals surface area contributed by atoms with Crippen LogP contribution >= 0.6 is 0 Å². The van der Waals surface area contributed by atoms with E-state index >= 15 is 0 Å². The molecule has 1 nitrogen and oxygen atoms in total. The Morgan fingerprint density at radius 3 is 1.70 bits per heavy atom. The average Bonchev–Trinajstić information content (AvgIpc) is 2.69. The summed E-state index contributed by atoms with van der Waals surface area (Å²) in [6, 6.07) is 8.68. The van der Waals surface area contributed by atoms with Crippen molar-refractivity contribution in [2.45, 2.75) is 117 Å². The second kappa shape index (κ2) is 18.7. The summed E-state index contributed by atoms with van der Waals surface area (Å²) in [6.07, 6.45) is 22.3. The van der Waals surface area contributed by atoms with E-state index in [1.54, 1.807) is 0 Å². The van der Waals surface area contributed by atoms with E-state index in [9.17, 15) is 0 Å². The van der Waals surface area contributed by atoms with E-state index in [2.05, 4.69) is 38.1 Å². The molecule has 0 N–H and O–H groups in total. The number of hydrogen-bond acceptors (Lipinski definition) is 1. The number of hydrogen-bond donors (Lipinski definition) is 0. The van der Waals surface area contributed by atoms with Crippen molar-refractivity contribution in [1.29, 1.82) is 0 Å². The Hall–Kier alpha value is 0.656. The molecule has 0 heterocycles. The zero-order valence-electron chi connectivity index (χ0n) is 18.6. The van der Waals surface area contributed by atoms with E-state index in [1.165, 1.54) is 102 Å². The van der Waals surface area contributed by atoms with Crippen molar-refractivity contribution in [3.05, 3.63) is 29.8 Å². The van der Waals surface area contributed by atoms with Gasteiger partial charge in [0.1, 0.15) is 0 Å². The molecule has 0 amide bonds. The van der Waals surface area contributed by atoms with Crippen LogP contribution in [0.2, 0.25) is 0 Å². The van der Waals surface area contributed by atoms with Crippen LogP contribution in [0, 0.1) is 0 Å². The number of para-hydroxylation sites is 1. The van der Waals surface area contributed by atoms with Crippen molar-refractivity contribution in [2.75, 3.05) is 0 Å². The Morgan fingerprint density at radius 2 is 1.19 bits per heavy atom. The van der Waals surface area contributed by atoms with Gasteiger partial charge >= 0.3 is 154 Å². The molecule has 0 bridgehead atoms. The zero-order valence-corrected chi connectivity index (χ0v) is 21.7. The van der Waals surface area contributed by atoms with Crippen LogP contribution in [-0.4, -0.2) is 49.2 Å². The fraction of sp³-hybridized carbons (Fsp3) is 0.760. The Morgan fingerprint density at radius 1 is 0.704 bits per heavy atom. The third-order valence-electron chi connectivity index (χ3n) is 5.68. The van der Waals surface area contributed by atoms with Crippen LogP contribution in [0.4, 0.5) is 0 Å². The molecule has 27 heavy (non-hydrogen) atoms. The van der Waals surface area contributed by atoms with Gasteiger partial charge in [-0.25, -0.2) is 0 Å². The molecule has 0 saturated heterocycles. The van der Waals surface area contributed by atoms with E-state index in [1.807, 2.05) is 0 Å². The molecule has 0 saturated carbocycles. The normalized spacial score (nSPS) is 12.3. The number of unbranched alkanes of at least 4 members (excludes halogenated alkanes) is 13. The standard InChI is InChI=1S/C25H43O.K/c1-3-5-6-7-8-9-10-11-12-13-14-15-16-17-20-24-21-18-19-22-25(24)26-23-4-2;/h18-19,21-23H,3-17,20H2,1-2H3;. The minimum atomic E-state index is 0.495. The van der Waals surface area contributed by atoms with Gasteiger partial charge in [-0.2, -0.15) is 0 Å². The molecule has 1 atom stereocenters. The molecule has 1 unspecified atom stereocenters. The first-order valence-corrected chi connectivity index (χ1v) is 13.8. The predicted octanol–water partition coefficient (Wildman–Crippen LogP) is 7.99. The molecule has 0 spiro atoms. The molecule has 1 rings (SSSR count). The Balaban J connectivity index is 1.96. The Kier molecular flexibility index (Phi) is 17.8. The number of benzene rings is 1. The van der Waals surface area contributed by atoms with Gasteiger partial charge in [0.2, 0.25) is 0 Å². The van der Waals surface area contributed by atoms with E-state index in [-0.39, 0.29) is 0 Å². The summed E-state index contributed by atoms with van der Waals surface area (Å²) in [5, 5.41) is 0. The van der Waals surface area contributed by atoms with Gasteiger partial charge in [0.25, 0.3) is 0 Å². The summed E-state index contributed by atoms with van der Waals surface area (Å²) in [7, 11) is 0. The van der Waals surface area contributed by atoms with Crippen LogP contribution in [0.5, 0.6) is 5.75 Å². The van der Waals surface area contributed by atoms with Crippen LogP contribution in [0.3, 0.4) is 0 Å². The molecule has 0 aliphatic heterocycles. The quantitative estimate of drug-likeness (QED) is 0.180. The first-order valence-electron chi connectivity index (χ1n) is 12.0. The summed E-state index contributed by atoms with van der Waals surface area (Å²) in [4.78, 5) is 0. The molecule has 150 valence electrons. The van der Waals surface area contributed by atoms with Gasteiger partial charge in [0.05, 0.1) is 0 Å². The van der Waals surface area contributed by atoms with Crippen molar-refractivity contribution in [1.82, 2.24) is 0 Å². The summed E-state index contributed by atoms with van der Waals surface area (Å²) in [5.41, 5.74) is 1.42. The number of rotatable bonds is 18. The van der Waals surface area contributed by atoms with Crippen molar-refractivity contribution in [3.8, 4) is 5.75 Å². The van der Waals surface area contributed by atoms with Gasteiger partial charge in [-0.1, -0.05) is 51.9 Å². The maximum atomic E-state index is 6.15. The van der Waals surface area contributed by atoms with Gasteiger partial charge in [-0.15, -0.1) is 0 Å². The summed E-state index contributed by atoms with van der Waals surface area (Å²) < 4.78 is 6.64. The molecule has 0 aliphatic carbocycles. The first kappa shape index (κ1) is 25.7. The van der Waals surface area contributed by atoms with Crippen LogP contribution in [0.25, 0.3) is 0 Å². The van der Waals surface area contributed by atoms with Crippen LogP contribution in [0.1, 0.15) is 116 Å². The summed E-state index contributed by atoms with van der Waals surface area (Å²) in [5.74, 6) is 1.15. The molecule has 1 aromatic rings. The average molecular weight is 399 g/mol. The van der Waals surface area contributed by atoms with Crippen LogP contribution in [0.15, 0.2) is 24.3 Å². The number of ether oxygens (including phenoxy) is 1. The summed E-state index contributed by atoms with van der Waals surface area (Å²) in [6.45, 7) is 4.52. The molecular weight excluding hydrogens is 355 g/mol. The zero-order chi connectivity index (χ0) is 19.6. The fourth-order valence-electron chi connectivity index (χ4n) is 3.64. The van der Waals surface area contributed by atoms with Crippen molar-refractivity contribution < 1.29 is 4.74 Å². The molecule has 0 aliphatic rings. The molecule has 0 radical (unpaired) electrons. The molecular formula is C25H43KO. The van der Waals surface area contributed by atoms with Crippen molar-refractivity contribution >= 4 is 49.0 Å². The van der Waals surface area contributed by atoms with E-state index < -0.39 is 0 Å². The summed E-state index contributed by atoms with van der Waals surface area (Å²) >= 11 is 0.740. The second-order valence-corrected chi connectivity index (χ2v) is 10.3. The van der Waals surface area contributed by atoms with Gasteiger partial charge in [-0.05, 0) is 0 Å². The molecule has 1 aromatic carbocycles. The maximum absolute atomic E-state index is 6.15. The van der Waals surface area contributed by atoms with E-state index in [0.29, 0.717) is 0.199 Å². The monoisotopic (exact) mass is 398 g/mol. The third kappa shape index (κ3) is 14.3. The fourth-order valence-corrected chi connectivity index (χ4v) is 4.03. The van der Waals surface area contributed by atoms with Gasteiger partial charge in [0, 0.05) is 0 Å². The van der Waals surface area contributed by atoms with Crippen LogP contribution < -0.4 is 4.74 Å². The first-order chi connectivity index (χ1) is 13.3. The van der Waals surface area contributed by atoms with Crippen LogP contribution in [-0.2, 0) is 6.42 Å². The van der Waals surface area contributed by atoms with Crippen molar-refractivity contribution in [3.63, 3.8) is 0 Å². The Bertz CT molecular complexity index is 446. The second-order valence-electron chi connectivity index (χ2n) is 8.29. The van der Waals surface area contributed by atoms with Gasteiger partial charge in [0.15, 0.2) is 0 Å². The third-order valence-corrected chi connectivity index (χ3v) is 7.32. The molecule has 0 fully saturated rings. The van der Waals surface area contributed by atoms with Crippen molar-refractivity contribution in [2.24, 2.45) is 0 Å². The molecule has 0 aromatic heterocycles. The predicted molar refractivity (Wildman–Crippen MR) is 121 cm³/mol. The van der Waals surface area contributed by atoms with Gasteiger partial charge < -0.3 is 0 Å².